The Balaban J connectivity index is 1.53. The molecular formula is C26H35N3O2. The predicted octanol–water partition coefficient (Wildman–Crippen LogP) is 3.78. The van der Waals surface area contributed by atoms with Crippen molar-refractivity contribution in [1.29, 1.82) is 0 Å². The molecule has 1 N–H and O–H groups in total. The van der Waals surface area contributed by atoms with Crippen molar-refractivity contribution in [1.82, 2.24) is 14.8 Å². The van der Waals surface area contributed by atoms with E-state index in [4.69, 9.17) is 0 Å². The average molecular weight is 422 g/mol. The molecule has 1 aliphatic heterocycles. The second kappa shape index (κ2) is 10.4. The minimum atomic E-state index is -0.245. The number of pyridine rings is 1. The van der Waals surface area contributed by atoms with Gasteiger partial charge in [-0.3, -0.25) is 9.78 Å². The molecule has 0 radical (unpaired) electrons. The van der Waals surface area contributed by atoms with Crippen LogP contribution in [0.1, 0.15) is 55.1 Å². The van der Waals surface area contributed by atoms with Crippen LogP contribution in [0.3, 0.4) is 0 Å². The number of aliphatic hydroxyl groups is 1. The topological polar surface area (TPSA) is 56.7 Å². The van der Waals surface area contributed by atoms with Gasteiger partial charge in [0.25, 0.3) is 5.91 Å². The maximum atomic E-state index is 13.6. The molecule has 0 spiro atoms. The Morgan fingerprint density at radius 2 is 1.81 bits per heavy atom. The molecular weight excluding hydrogens is 386 g/mol. The fourth-order valence-electron chi connectivity index (χ4n) is 4.84. The zero-order valence-corrected chi connectivity index (χ0v) is 18.6. The first-order chi connectivity index (χ1) is 15.1. The number of carbonyl (C=O) groups is 1. The first kappa shape index (κ1) is 22.0. The summed E-state index contributed by atoms with van der Waals surface area (Å²) in [7, 11) is 0. The third kappa shape index (κ3) is 5.92. The minimum absolute atomic E-state index is 0.0839. The third-order valence-electron chi connectivity index (χ3n) is 6.74. The van der Waals surface area contributed by atoms with Crippen molar-refractivity contribution >= 4 is 5.91 Å². The number of piperidine rings is 1. The lowest BCUT2D eigenvalue weighted by Crippen LogP contribution is -2.50. The molecule has 31 heavy (non-hydrogen) atoms. The smallest absolute Gasteiger partial charge is 0.272 e. The van der Waals surface area contributed by atoms with Gasteiger partial charge in [-0.15, -0.1) is 0 Å². The molecule has 1 saturated heterocycles. The molecule has 166 valence electrons. The summed E-state index contributed by atoms with van der Waals surface area (Å²) in [4.78, 5) is 22.6. The lowest BCUT2D eigenvalue weighted by molar-refractivity contribution is 0.0469. The zero-order chi connectivity index (χ0) is 21.6. The Kier molecular flexibility index (Phi) is 7.36. The van der Waals surface area contributed by atoms with Crippen LogP contribution in [0.25, 0.3) is 0 Å². The van der Waals surface area contributed by atoms with Crippen molar-refractivity contribution in [2.45, 2.75) is 63.6 Å². The van der Waals surface area contributed by atoms with Gasteiger partial charge in [-0.2, -0.15) is 0 Å². The minimum Gasteiger partial charge on any atom is -0.393 e. The van der Waals surface area contributed by atoms with Gasteiger partial charge in [0.15, 0.2) is 0 Å². The molecule has 5 heteroatoms. The van der Waals surface area contributed by atoms with Crippen LogP contribution in [-0.2, 0) is 6.42 Å². The fourth-order valence-corrected chi connectivity index (χ4v) is 4.84. The van der Waals surface area contributed by atoms with Gasteiger partial charge in [0.05, 0.1) is 6.10 Å². The first-order valence-corrected chi connectivity index (χ1v) is 11.8. The second-order valence-corrected chi connectivity index (χ2v) is 9.23. The Labute approximate surface area is 186 Å². The molecule has 2 aliphatic rings. The number of aliphatic hydroxyl groups excluding tert-OH is 1. The number of aromatic nitrogens is 1. The SMILES string of the molecule is CC(O)CCN1CCC(C(Cc2ccccc2)N(C(=O)c2ccccn2)C2CC2)CC1. The molecule has 2 aromatic rings. The van der Waals surface area contributed by atoms with Gasteiger partial charge in [-0.25, -0.2) is 0 Å². The van der Waals surface area contributed by atoms with Gasteiger partial charge in [-0.1, -0.05) is 36.4 Å². The van der Waals surface area contributed by atoms with Crippen LogP contribution < -0.4 is 0 Å². The van der Waals surface area contributed by atoms with Crippen molar-refractivity contribution in [3.63, 3.8) is 0 Å². The first-order valence-electron chi connectivity index (χ1n) is 11.8. The van der Waals surface area contributed by atoms with E-state index in [0.717, 1.165) is 58.2 Å². The number of hydrogen-bond donors (Lipinski definition) is 1. The Bertz CT molecular complexity index is 815. The highest BCUT2D eigenvalue weighted by molar-refractivity contribution is 5.93. The summed E-state index contributed by atoms with van der Waals surface area (Å²) < 4.78 is 0. The lowest BCUT2D eigenvalue weighted by atomic mass is 9.84. The van der Waals surface area contributed by atoms with Crippen LogP contribution in [0.4, 0.5) is 0 Å². The van der Waals surface area contributed by atoms with Crippen molar-refractivity contribution in [3.05, 3.63) is 66.0 Å². The molecule has 1 saturated carbocycles. The standard InChI is InChI=1S/C26H35N3O2/c1-20(30)12-16-28-17-13-22(14-18-28)25(19-21-7-3-2-4-8-21)29(23-10-11-23)26(31)24-9-5-6-15-27-24/h2-9,15,20,22-23,25,30H,10-14,16-19H2,1H3. The van der Waals surface area contributed by atoms with E-state index in [0.29, 0.717) is 17.7 Å². The molecule has 0 bridgehead atoms. The van der Waals surface area contributed by atoms with E-state index in [1.165, 1.54) is 5.56 Å². The molecule has 2 heterocycles. The highest BCUT2D eigenvalue weighted by atomic mass is 16.3. The van der Waals surface area contributed by atoms with Gasteiger partial charge < -0.3 is 14.9 Å². The van der Waals surface area contributed by atoms with Gasteiger partial charge >= 0.3 is 0 Å². The average Bonchev–Trinajstić information content (AvgIpc) is 3.64. The Morgan fingerprint density at radius 1 is 1.10 bits per heavy atom. The van der Waals surface area contributed by atoms with E-state index in [9.17, 15) is 9.90 Å². The molecule has 5 nitrogen and oxygen atoms in total. The summed E-state index contributed by atoms with van der Waals surface area (Å²) in [5.74, 6) is 0.567. The summed E-state index contributed by atoms with van der Waals surface area (Å²) in [5, 5.41) is 9.62. The molecule has 2 unspecified atom stereocenters. The van der Waals surface area contributed by atoms with E-state index in [2.05, 4.69) is 45.1 Å². The molecule has 2 fully saturated rings. The molecule has 1 amide bonds. The zero-order valence-electron chi connectivity index (χ0n) is 18.6. The van der Waals surface area contributed by atoms with Crippen molar-refractivity contribution in [3.8, 4) is 0 Å². The van der Waals surface area contributed by atoms with Crippen LogP contribution in [-0.4, -0.2) is 63.6 Å². The fraction of sp³-hybridized carbons (Fsp3) is 0.538. The largest absolute Gasteiger partial charge is 0.393 e. The number of benzene rings is 1. The number of likely N-dealkylation sites (tertiary alicyclic amines) is 1. The Hall–Kier alpha value is -2.24. The van der Waals surface area contributed by atoms with Gasteiger partial charge in [-0.05, 0) is 82.2 Å². The van der Waals surface area contributed by atoms with Crippen LogP contribution in [0.15, 0.2) is 54.7 Å². The summed E-state index contributed by atoms with van der Waals surface area (Å²) in [6, 6.07) is 16.7. The van der Waals surface area contributed by atoms with Crippen LogP contribution in [0.5, 0.6) is 0 Å². The van der Waals surface area contributed by atoms with E-state index < -0.39 is 0 Å². The molecule has 2 atom stereocenters. The molecule has 1 aromatic carbocycles. The maximum absolute atomic E-state index is 13.6. The monoisotopic (exact) mass is 421 g/mol. The van der Waals surface area contributed by atoms with Gasteiger partial charge in [0.2, 0.25) is 0 Å². The van der Waals surface area contributed by atoms with Gasteiger partial charge in [0.1, 0.15) is 5.69 Å². The van der Waals surface area contributed by atoms with E-state index >= 15 is 0 Å². The predicted molar refractivity (Wildman–Crippen MR) is 123 cm³/mol. The van der Waals surface area contributed by atoms with Crippen LogP contribution in [0.2, 0.25) is 0 Å². The normalized spacial score (nSPS) is 19.7. The van der Waals surface area contributed by atoms with E-state index in [1.54, 1.807) is 6.20 Å². The van der Waals surface area contributed by atoms with Crippen molar-refractivity contribution in [2.75, 3.05) is 19.6 Å². The van der Waals surface area contributed by atoms with E-state index in [-0.39, 0.29) is 18.1 Å². The second-order valence-electron chi connectivity index (χ2n) is 9.23. The summed E-state index contributed by atoms with van der Waals surface area (Å²) in [5.41, 5.74) is 1.85. The third-order valence-corrected chi connectivity index (χ3v) is 6.74. The summed E-state index contributed by atoms with van der Waals surface area (Å²) >= 11 is 0. The molecule has 1 aromatic heterocycles. The summed E-state index contributed by atoms with van der Waals surface area (Å²) in [6.07, 6.45) is 7.56. The molecule has 4 rings (SSSR count). The van der Waals surface area contributed by atoms with E-state index in [1.807, 2.05) is 25.1 Å². The van der Waals surface area contributed by atoms with Crippen LogP contribution in [0, 0.1) is 5.92 Å². The lowest BCUT2D eigenvalue weighted by Gasteiger charge is -2.42. The van der Waals surface area contributed by atoms with Gasteiger partial charge in [0, 0.05) is 24.8 Å². The highest BCUT2D eigenvalue weighted by Gasteiger charge is 2.41. The highest BCUT2D eigenvalue weighted by Crippen LogP contribution is 2.36. The Morgan fingerprint density at radius 3 is 2.42 bits per heavy atom. The maximum Gasteiger partial charge on any atom is 0.272 e. The summed E-state index contributed by atoms with van der Waals surface area (Å²) in [6.45, 7) is 4.89. The number of hydrogen-bond acceptors (Lipinski definition) is 4. The number of amides is 1. The quantitative estimate of drug-likeness (QED) is 0.669. The van der Waals surface area contributed by atoms with Crippen molar-refractivity contribution in [2.24, 2.45) is 5.92 Å². The van der Waals surface area contributed by atoms with Crippen LogP contribution >= 0.6 is 0 Å². The number of rotatable bonds is 9. The number of carbonyl (C=O) groups excluding carboxylic acids is 1. The van der Waals surface area contributed by atoms with Crippen molar-refractivity contribution < 1.29 is 9.90 Å². The number of nitrogens with zero attached hydrogens (tertiary/aromatic N) is 3. The molecule has 1 aliphatic carbocycles.